The lowest BCUT2D eigenvalue weighted by molar-refractivity contribution is -0.134. The third kappa shape index (κ3) is 5.09. The number of oxime groups is 1. The molecule has 2 N–H and O–H groups in total. The number of aliphatic carboxylic acids is 1. The molecular weight excluding hydrogens is 360 g/mol. The van der Waals surface area contributed by atoms with Gasteiger partial charge in [0.05, 0.1) is 37.6 Å². The summed E-state index contributed by atoms with van der Waals surface area (Å²) < 4.78 is 16.0. The van der Waals surface area contributed by atoms with E-state index in [0.717, 1.165) is 28.1 Å². The smallest absolute Gasteiger partial charge is 0.300 e. The van der Waals surface area contributed by atoms with Gasteiger partial charge in [0.25, 0.3) is 5.97 Å². The number of nitrogens with zero attached hydrogens (tertiary/aromatic N) is 2. The molecule has 26 heavy (non-hydrogen) atoms. The van der Waals surface area contributed by atoms with Crippen LogP contribution < -0.4 is 14.2 Å². The number of ether oxygens (including phenoxy) is 3. The Bertz CT molecular complexity index is 772. The summed E-state index contributed by atoms with van der Waals surface area (Å²) in [6.07, 6.45) is 0. The molecule has 1 aromatic carbocycles. The molecule has 0 saturated heterocycles. The highest BCUT2D eigenvalue weighted by Crippen LogP contribution is 2.42. The van der Waals surface area contributed by atoms with Crippen LogP contribution in [0.25, 0.3) is 10.6 Å². The summed E-state index contributed by atoms with van der Waals surface area (Å²) in [6, 6.07) is 3.68. The number of thiazole rings is 1. The highest BCUT2D eigenvalue weighted by molar-refractivity contribution is 7.17. The van der Waals surface area contributed by atoms with Gasteiger partial charge >= 0.3 is 0 Å². The minimum Gasteiger partial charge on any atom is -0.493 e. The monoisotopic (exact) mass is 382 g/mol. The zero-order valence-electron chi connectivity index (χ0n) is 15.5. The van der Waals surface area contributed by atoms with E-state index in [4.69, 9.17) is 29.3 Å². The van der Waals surface area contributed by atoms with Gasteiger partial charge in [0.1, 0.15) is 5.01 Å². The largest absolute Gasteiger partial charge is 0.493 e. The summed E-state index contributed by atoms with van der Waals surface area (Å²) in [6.45, 7) is 4.70. The van der Waals surface area contributed by atoms with Crippen molar-refractivity contribution in [2.24, 2.45) is 5.16 Å². The van der Waals surface area contributed by atoms with Crippen LogP contribution in [0.3, 0.4) is 0 Å². The van der Waals surface area contributed by atoms with Crippen molar-refractivity contribution in [2.75, 3.05) is 21.3 Å². The van der Waals surface area contributed by atoms with Gasteiger partial charge in [-0.3, -0.25) is 4.79 Å². The molecule has 0 bridgehead atoms. The second-order valence-electron chi connectivity index (χ2n) is 5.05. The molecule has 2 rings (SSSR count). The summed E-state index contributed by atoms with van der Waals surface area (Å²) in [5.41, 5.74) is 2.19. The van der Waals surface area contributed by atoms with Crippen molar-refractivity contribution >= 4 is 23.0 Å². The van der Waals surface area contributed by atoms with Crippen LogP contribution in [-0.2, 0) is 4.79 Å². The highest BCUT2D eigenvalue weighted by Gasteiger charge is 2.18. The Hall–Kier alpha value is -2.81. The average molecular weight is 382 g/mol. The summed E-state index contributed by atoms with van der Waals surface area (Å²) in [5.74, 6) is 0.841. The predicted molar refractivity (Wildman–Crippen MR) is 99.3 cm³/mol. The Labute approximate surface area is 155 Å². The number of carbonyl (C=O) groups is 1. The van der Waals surface area contributed by atoms with Crippen LogP contribution in [0.2, 0.25) is 0 Å². The molecule has 1 heterocycles. The van der Waals surface area contributed by atoms with Crippen molar-refractivity contribution in [3.8, 4) is 27.8 Å². The molecule has 1 aromatic heterocycles. The molecule has 2 aromatic rings. The second kappa shape index (κ2) is 9.62. The first kappa shape index (κ1) is 21.2. The molecule has 0 amide bonds. The van der Waals surface area contributed by atoms with Gasteiger partial charge in [0, 0.05) is 12.5 Å². The Morgan fingerprint density at radius 2 is 1.62 bits per heavy atom. The van der Waals surface area contributed by atoms with Crippen molar-refractivity contribution in [1.29, 1.82) is 0 Å². The first-order chi connectivity index (χ1) is 12.3. The number of hydrogen-bond acceptors (Lipinski definition) is 8. The standard InChI is InChI=1S/C15H18N2O4S.C2H4O2/c1-8-14(9(2)17-18)22-15(16-8)10-6-11(19-3)13(21-5)12(7-10)20-4;1-2(3)4/h6-7,18H,1-5H3;1H3,(H,3,4). The van der Waals surface area contributed by atoms with Gasteiger partial charge in [0.15, 0.2) is 11.5 Å². The number of carboxylic acid groups (broad SMARTS) is 1. The number of rotatable bonds is 5. The van der Waals surface area contributed by atoms with Crippen LogP contribution in [0.4, 0.5) is 0 Å². The van der Waals surface area contributed by atoms with Crippen molar-refractivity contribution in [3.05, 3.63) is 22.7 Å². The quantitative estimate of drug-likeness (QED) is 0.463. The minimum absolute atomic E-state index is 0.536. The number of aryl methyl sites for hydroxylation is 1. The van der Waals surface area contributed by atoms with E-state index in [2.05, 4.69) is 10.1 Å². The fourth-order valence-corrected chi connectivity index (χ4v) is 3.10. The Kier molecular flexibility index (Phi) is 7.85. The predicted octanol–water partition coefficient (Wildman–Crippen LogP) is 3.43. The number of hydrogen-bond donors (Lipinski definition) is 2. The molecule has 0 atom stereocenters. The zero-order valence-corrected chi connectivity index (χ0v) is 16.3. The van der Waals surface area contributed by atoms with E-state index in [1.54, 1.807) is 28.3 Å². The molecule has 0 aliphatic rings. The molecule has 0 aliphatic carbocycles. The maximum Gasteiger partial charge on any atom is 0.300 e. The summed E-state index contributed by atoms with van der Waals surface area (Å²) in [5, 5.41) is 20.4. The molecule has 0 saturated carbocycles. The minimum atomic E-state index is -0.833. The van der Waals surface area contributed by atoms with Crippen molar-refractivity contribution in [1.82, 2.24) is 4.98 Å². The van der Waals surface area contributed by atoms with E-state index < -0.39 is 5.97 Å². The lowest BCUT2D eigenvalue weighted by Crippen LogP contribution is -1.95. The fraction of sp³-hybridized carbons (Fsp3) is 0.353. The fourth-order valence-electron chi connectivity index (χ4n) is 2.11. The van der Waals surface area contributed by atoms with Gasteiger partial charge in [-0.2, -0.15) is 0 Å². The zero-order chi connectivity index (χ0) is 19.9. The molecule has 0 fully saturated rings. The highest BCUT2D eigenvalue weighted by atomic mass is 32.1. The number of benzene rings is 1. The van der Waals surface area contributed by atoms with Crippen LogP contribution in [0.15, 0.2) is 17.3 Å². The normalized spacial score (nSPS) is 10.6. The summed E-state index contributed by atoms with van der Waals surface area (Å²) in [4.78, 5) is 14.4. The van der Waals surface area contributed by atoms with Crippen molar-refractivity contribution < 1.29 is 29.3 Å². The lowest BCUT2D eigenvalue weighted by Gasteiger charge is -2.13. The summed E-state index contributed by atoms with van der Waals surface area (Å²) >= 11 is 1.44. The molecule has 9 heteroatoms. The van der Waals surface area contributed by atoms with E-state index in [1.807, 2.05) is 19.1 Å². The Morgan fingerprint density at radius 3 is 2.00 bits per heavy atom. The van der Waals surface area contributed by atoms with E-state index in [-0.39, 0.29) is 0 Å². The second-order valence-corrected chi connectivity index (χ2v) is 6.05. The third-order valence-corrected chi connectivity index (χ3v) is 4.50. The molecule has 0 aliphatic heterocycles. The molecule has 0 spiro atoms. The first-order valence-corrected chi connectivity index (χ1v) is 8.27. The topological polar surface area (TPSA) is 110 Å². The van der Waals surface area contributed by atoms with Gasteiger partial charge in [0.2, 0.25) is 5.75 Å². The average Bonchev–Trinajstić information content (AvgIpc) is 3.00. The van der Waals surface area contributed by atoms with E-state index >= 15 is 0 Å². The maximum atomic E-state index is 9.00. The van der Waals surface area contributed by atoms with Gasteiger partial charge in [-0.25, -0.2) is 4.98 Å². The van der Waals surface area contributed by atoms with Gasteiger partial charge in [-0.05, 0) is 26.0 Å². The molecular formula is C17H22N2O6S. The van der Waals surface area contributed by atoms with Gasteiger partial charge in [-0.1, -0.05) is 5.16 Å². The number of aromatic nitrogens is 1. The molecule has 0 unspecified atom stereocenters. The number of carboxylic acids is 1. The van der Waals surface area contributed by atoms with Crippen LogP contribution >= 0.6 is 11.3 Å². The van der Waals surface area contributed by atoms with E-state index in [1.165, 1.54) is 11.3 Å². The first-order valence-electron chi connectivity index (χ1n) is 7.45. The van der Waals surface area contributed by atoms with Gasteiger partial charge < -0.3 is 24.5 Å². The van der Waals surface area contributed by atoms with Crippen LogP contribution in [0, 0.1) is 6.92 Å². The molecule has 142 valence electrons. The van der Waals surface area contributed by atoms with Crippen LogP contribution in [0.5, 0.6) is 17.2 Å². The summed E-state index contributed by atoms with van der Waals surface area (Å²) in [7, 11) is 4.71. The lowest BCUT2D eigenvalue weighted by atomic mass is 10.2. The van der Waals surface area contributed by atoms with Crippen molar-refractivity contribution in [3.63, 3.8) is 0 Å². The van der Waals surface area contributed by atoms with Crippen LogP contribution in [-0.4, -0.2) is 48.3 Å². The maximum absolute atomic E-state index is 9.00. The van der Waals surface area contributed by atoms with Gasteiger partial charge in [-0.15, -0.1) is 11.3 Å². The SMILES string of the molecule is CC(=O)O.COc1cc(-c2nc(C)c(C(C)=NO)s2)cc(OC)c1OC. The molecule has 0 radical (unpaired) electrons. The van der Waals surface area contributed by atoms with E-state index in [9.17, 15) is 0 Å². The third-order valence-electron chi connectivity index (χ3n) is 3.19. The molecule has 8 nitrogen and oxygen atoms in total. The van der Waals surface area contributed by atoms with Crippen molar-refractivity contribution in [2.45, 2.75) is 20.8 Å². The number of methoxy groups -OCH3 is 3. The Balaban J connectivity index is 0.000000765. The Morgan fingerprint density at radius 1 is 1.12 bits per heavy atom. The van der Waals surface area contributed by atoms with Crippen LogP contribution in [0.1, 0.15) is 24.4 Å². The van der Waals surface area contributed by atoms with E-state index in [0.29, 0.717) is 23.0 Å².